The zero-order valence-corrected chi connectivity index (χ0v) is 22.0. The lowest BCUT2D eigenvalue weighted by Gasteiger charge is -2.24. The first-order valence-corrected chi connectivity index (χ1v) is 12.8. The number of aryl methyl sites for hydroxylation is 2. The van der Waals surface area contributed by atoms with Crippen molar-refractivity contribution in [3.8, 4) is 0 Å². The Kier molecular flexibility index (Phi) is 8.69. The van der Waals surface area contributed by atoms with Gasteiger partial charge in [-0.05, 0) is 60.4 Å². The Morgan fingerprint density at radius 3 is 1.39 bits per heavy atom. The molecule has 0 saturated carbocycles. The van der Waals surface area contributed by atoms with Crippen LogP contribution < -0.4 is 10.6 Å². The number of anilines is 2. The second-order valence-electron chi connectivity index (χ2n) is 9.09. The van der Waals surface area contributed by atoms with E-state index in [4.69, 9.17) is 23.2 Å². The number of carbonyl (C=O) groups is 1. The monoisotopic (exact) mass is 516 g/mol. The van der Waals surface area contributed by atoms with Crippen LogP contribution in [0.1, 0.15) is 47.2 Å². The van der Waals surface area contributed by atoms with Gasteiger partial charge < -0.3 is 10.6 Å². The number of hydrogen-bond acceptors (Lipinski definition) is 3. The molecule has 0 aliphatic rings. The van der Waals surface area contributed by atoms with Gasteiger partial charge in [0.15, 0.2) is 0 Å². The average Bonchev–Trinajstić information content (AvgIpc) is 2.88. The van der Waals surface area contributed by atoms with Gasteiger partial charge in [-0.2, -0.15) is 0 Å². The summed E-state index contributed by atoms with van der Waals surface area (Å²) in [6.45, 7) is 3.95. The van der Waals surface area contributed by atoms with Crippen molar-refractivity contribution in [1.82, 2.24) is 0 Å². The van der Waals surface area contributed by atoms with Crippen molar-refractivity contribution >= 4 is 40.4 Å². The molecule has 0 bridgehead atoms. The molecule has 0 saturated heterocycles. The van der Waals surface area contributed by atoms with Crippen molar-refractivity contribution in [3.05, 3.63) is 129 Å². The van der Waals surface area contributed by atoms with E-state index in [0.29, 0.717) is 22.9 Å². The fraction of sp³-hybridized carbons (Fsp3) is 0.194. The highest BCUT2D eigenvalue weighted by Gasteiger charge is 2.21. The molecule has 5 heteroatoms. The smallest absolute Gasteiger partial charge is 0.137 e. The van der Waals surface area contributed by atoms with Crippen LogP contribution in [0.15, 0.2) is 97.1 Å². The van der Waals surface area contributed by atoms with Crippen LogP contribution in [0.25, 0.3) is 0 Å². The van der Waals surface area contributed by atoms with Crippen molar-refractivity contribution in [1.29, 1.82) is 0 Å². The fourth-order valence-corrected chi connectivity index (χ4v) is 4.54. The number of Topliss-reactive ketones (excluding diaryl/α,β-unsaturated/α-hetero) is 1. The zero-order chi connectivity index (χ0) is 25.5. The van der Waals surface area contributed by atoms with E-state index in [1.165, 1.54) is 0 Å². The summed E-state index contributed by atoms with van der Waals surface area (Å²) in [6.07, 6.45) is 0.685. The van der Waals surface area contributed by atoms with Gasteiger partial charge in [0, 0.05) is 34.3 Å². The van der Waals surface area contributed by atoms with Gasteiger partial charge in [0.25, 0.3) is 0 Å². The molecule has 0 fully saturated rings. The lowest BCUT2D eigenvalue weighted by molar-refractivity contribution is -0.119. The summed E-state index contributed by atoms with van der Waals surface area (Å²) in [5.41, 5.74) is 5.91. The predicted molar refractivity (Wildman–Crippen MR) is 152 cm³/mol. The number of nitrogens with one attached hydrogen (secondary N) is 2. The van der Waals surface area contributed by atoms with E-state index >= 15 is 0 Å². The van der Waals surface area contributed by atoms with Gasteiger partial charge in [-0.25, -0.2) is 0 Å². The summed E-state index contributed by atoms with van der Waals surface area (Å²) < 4.78 is 0. The Hall–Kier alpha value is -3.27. The van der Waals surface area contributed by atoms with Crippen LogP contribution in [0.4, 0.5) is 11.4 Å². The van der Waals surface area contributed by atoms with E-state index in [1.807, 2.05) is 111 Å². The van der Waals surface area contributed by atoms with E-state index in [9.17, 15) is 4.79 Å². The molecule has 0 aromatic heterocycles. The summed E-state index contributed by atoms with van der Waals surface area (Å²) in [5, 5.41) is 8.45. The van der Waals surface area contributed by atoms with E-state index in [1.54, 1.807) is 0 Å². The number of ketones is 1. The van der Waals surface area contributed by atoms with Crippen molar-refractivity contribution < 1.29 is 4.79 Å². The average molecular weight is 518 g/mol. The quantitative estimate of drug-likeness (QED) is 0.221. The third kappa shape index (κ3) is 6.90. The largest absolute Gasteiger partial charge is 0.378 e. The lowest BCUT2D eigenvalue weighted by atomic mass is 9.95. The van der Waals surface area contributed by atoms with Crippen LogP contribution in [-0.2, 0) is 4.79 Å². The van der Waals surface area contributed by atoms with Gasteiger partial charge >= 0.3 is 0 Å². The third-order valence-corrected chi connectivity index (χ3v) is 7.11. The minimum absolute atomic E-state index is 0.147. The Bertz CT molecular complexity index is 1210. The van der Waals surface area contributed by atoms with Crippen molar-refractivity contribution in [2.24, 2.45) is 0 Å². The van der Waals surface area contributed by atoms with E-state index in [2.05, 4.69) is 10.6 Å². The summed E-state index contributed by atoms with van der Waals surface area (Å²) in [6, 6.07) is 31.5. The number of halogens is 2. The van der Waals surface area contributed by atoms with Gasteiger partial charge in [0.05, 0.1) is 12.1 Å². The molecule has 2 N–H and O–H groups in total. The second kappa shape index (κ2) is 12.1. The molecule has 0 radical (unpaired) electrons. The van der Waals surface area contributed by atoms with Crippen LogP contribution in [0, 0.1) is 13.8 Å². The van der Waals surface area contributed by atoms with Crippen molar-refractivity contribution in [2.45, 2.75) is 38.8 Å². The predicted octanol–water partition coefficient (Wildman–Crippen LogP) is 8.97. The molecule has 184 valence electrons. The molecule has 0 unspecified atom stereocenters. The molecular weight excluding hydrogens is 487 g/mol. The first-order chi connectivity index (χ1) is 17.4. The van der Waals surface area contributed by atoms with Crippen molar-refractivity contribution in [2.75, 3.05) is 10.6 Å². The van der Waals surface area contributed by atoms with Gasteiger partial charge in [-0.1, -0.05) is 96.0 Å². The van der Waals surface area contributed by atoms with Gasteiger partial charge in [0.2, 0.25) is 0 Å². The molecule has 0 amide bonds. The highest BCUT2D eigenvalue weighted by Crippen LogP contribution is 2.30. The van der Waals surface area contributed by atoms with E-state index < -0.39 is 0 Å². The van der Waals surface area contributed by atoms with Gasteiger partial charge in [0.1, 0.15) is 5.78 Å². The van der Waals surface area contributed by atoms with Crippen LogP contribution in [0.2, 0.25) is 10.0 Å². The first kappa shape index (κ1) is 25.8. The molecule has 3 nitrogen and oxygen atoms in total. The number of benzene rings is 4. The third-order valence-electron chi connectivity index (χ3n) is 6.29. The van der Waals surface area contributed by atoms with Crippen LogP contribution >= 0.6 is 23.2 Å². The maximum atomic E-state index is 13.5. The Morgan fingerprint density at radius 2 is 1.03 bits per heavy atom. The Morgan fingerprint density at radius 1 is 0.639 bits per heavy atom. The minimum Gasteiger partial charge on any atom is -0.378 e. The van der Waals surface area contributed by atoms with Crippen LogP contribution in [0.5, 0.6) is 0 Å². The van der Waals surface area contributed by atoms with Crippen LogP contribution in [0.3, 0.4) is 0 Å². The Labute approximate surface area is 223 Å². The molecule has 0 aliphatic heterocycles. The standard InChI is InChI=1S/C31H30Cl2N2O/c1-21-13-15-25(17-28(21)32)34-30(23-9-5-3-6-10-23)19-27(36)20-31(24-11-7-4-8-12-24)35-26-16-14-22(2)29(33)18-26/h3-18,30-31,34-35H,19-20H2,1-2H3/t30-,31-/m1/s1. The molecule has 2 atom stereocenters. The zero-order valence-electron chi connectivity index (χ0n) is 20.5. The maximum absolute atomic E-state index is 13.5. The van der Waals surface area contributed by atoms with Crippen LogP contribution in [-0.4, -0.2) is 5.78 Å². The molecule has 0 spiro atoms. The molecule has 4 rings (SSSR count). The normalized spacial score (nSPS) is 12.6. The lowest BCUT2D eigenvalue weighted by Crippen LogP contribution is -2.20. The Balaban J connectivity index is 1.55. The molecule has 0 aliphatic carbocycles. The number of carbonyl (C=O) groups excluding carboxylic acids is 1. The molecule has 4 aromatic carbocycles. The SMILES string of the molecule is Cc1ccc(N[C@H](CC(=O)C[C@@H](Nc2ccc(C)c(Cl)c2)c2ccccc2)c2ccccc2)cc1Cl. The van der Waals surface area contributed by atoms with E-state index in [0.717, 1.165) is 33.6 Å². The van der Waals surface area contributed by atoms with Crippen molar-refractivity contribution in [3.63, 3.8) is 0 Å². The first-order valence-electron chi connectivity index (χ1n) is 12.1. The minimum atomic E-state index is -0.178. The highest BCUT2D eigenvalue weighted by atomic mass is 35.5. The molecule has 0 heterocycles. The van der Waals surface area contributed by atoms with Gasteiger partial charge in [-0.15, -0.1) is 0 Å². The number of hydrogen-bond donors (Lipinski definition) is 2. The summed E-state index contributed by atoms with van der Waals surface area (Å²) >= 11 is 12.7. The molecule has 4 aromatic rings. The number of rotatable bonds is 10. The summed E-state index contributed by atoms with van der Waals surface area (Å²) in [4.78, 5) is 13.5. The fourth-order valence-electron chi connectivity index (χ4n) is 4.18. The maximum Gasteiger partial charge on any atom is 0.137 e. The second-order valence-corrected chi connectivity index (χ2v) is 9.90. The summed E-state index contributed by atoms with van der Waals surface area (Å²) in [7, 11) is 0. The summed E-state index contributed by atoms with van der Waals surface area (Å²) in [5.74, 6) is 0.147. The van der Waals surface area contributed by atoms with E-state index in [-0.39, 0.29) is 17.9 Å². The highest BCUT2D eigenvalue weighted by molar-refractivity contribution is 6.31. The topological polar surface area (TPSA) is 41.1 Å². The molecule has 36 heavy (non-hydrogen) atoms. The van der Waals surface area contributed by atoms with Gasteiger partial charge in [-0.3, -0.25) is 4.79 Å². The molecular formula is C31H30Cl2N2O.